The highest BCUT2D eigenvalue weighted by Crippen LogP contribution is 2.20. The van der Waals surface area contributed by atoms with Crippen LogP contribution >= 0.6 is 0 Å². The molecule has 1 aromatic heterocycles. The SMILES string of the molecule is CNc1cc(C(=O)N2CCCCC2C)cc(C)n1. The molecule has 1 amide bonds. The zero-order chi connectivity index (χ0) is 13.1. The molecule has 2 heterocycles. The number of rotatable bonds is 2. The van der Waals surface area contributed by atoms with E-state index in [2.05, 4.69) is 17.2 Å². The maximum atomic E-state index is 12.5. The van der Waals surface area contributed by atoms with Crippen LogP contribution in [0.4, 0.5) is 5.82 Å². The van der Waals surface area contributed by atoms with Crippen molar-refractivity contribution in [2.24, 2.45) is 0 Å². The Bertz CT molecular complexity index is 445. The van der Waals surface area contributed by atoms with Gasteiger partial charge in [-0.15, -0.1) is 0 Å². The molecule has 4 heteroatoms. The smallest absolute Gasteiger partial charge is 0.254 e. The van der Waals surface area contributed by atoms with Crippen molar-refractivity contribution in [3.8, 4) is 0 Å². The highest BCUT2D eigenvalue weighted by molar-refractivity contribution is 5.95. The number of aryl methyl sites for hydroxylation is 1. The van der Waals surface area contributed by atoms with Crippen molar-refractivity contribution >= 4 is 11.7 Å². The summed E-state index contributed by atoms with van der Waals surface area (Å²) in [4.78, 5) is 18.8. The molecular weight excluding hydrogens is 226 g/mol. The quantitative estimate of drug-likeness (QED) is 0.873. The van der Waals surface area contributed by atoms with E-state index in [4.69, 9.17) is 0 Å². The molecule has 0 aromatic carbocycles. The van der Waals surface area contributed by atoms with Gasteiger partial charge in [0.05, 0.1) is 0 Å². The summed E-state index contributed by atoms with van der Waals surface area (Å²) in [6.07, 6.45) is 3.44. The predicted octanol–water partition coefficient (Wildman–Crippen LogP) is 2.45. The number of likely N-dealkylation sites (tertiary alicyclic amines) is 1. The van der Waals surface area contributed by atoms with Gasteiger partial charge in [-0.2, -0.15) is 0 Å². The van der Waals surface area contributed by atoms with Crippen LogP contribution in [0.1, 0.15) is 42.2 Å². The minimum atomic E-state index is 0.129. The topological polar surface area (TPSA) is 45.2 Å². The van der Waals surface area contributed by atoms with E-state index < -0.39 is 0 Å². The van der Waals surface area contributed by atoms with Crippen LogP contribution in [0.25, 0.3) is 0 Å². The molecule has 1 N–H and O–H groups in total. The van der Waals surface area contributed by atoms with Gasteiger partial charge in [0, 0.05) is 30.9 Å². The summed E-state index contributed by atoms with van der Waals surface area (Å²) in [7, 11) is 1.82. The van der Waals surface area contributed by atoms with Crippen LogP contribution < -0.4 is 5.32 Å². The van der Waals surface area contributed by atoms with Crippen LogP contribution in [0.2, 0.25) is 0 Å². The minimum absolute atomic E-state index is 0.129. The third kappa shape index (κ3) is 2.63. The molecule has 1 atom stereocenters. The first-order chi connectivity index (χ1) is 8.61. The number of hydrogen-bond acceptors (Lipinski definition) is 3. The number of carbonyl (C=O) groups excluding carboxylic acids is 1. The monoisotopic (exact) mass is 247 g/mol. The van der Waals surface area contributed by atoms with Crippen molar-refractivity contribution in [2.45, 2.75) is 39.2 Å². The number of carbonyl (C=O) groups is 1. The Hall–Kier alpha value is -1.58. The third-order valence-corrected chi connectivity index (χ3v) is 3.52. The molecule has 1 aromatic rings. The Labute approximate surface area is 108 Å². The lowest BCUT2D eigenvalue weighted by molar-refractivity contribution is 0.0635. The predicted molar refractivity (Wildman–Crippen MR) is 72.9 cm³/mol. The molecular formula is C14H21N3O. The highest BCUT2D eigenvalue weighted by Gasteiger charge is 2.24. The maximum absolute atomic E-state index is 12.5. The van der Waals surface area contributed by atoms with Crippen LogP contribution in [-0.4, -0.2) is 35.4 Å². The summed E-state index contributed by atoms with van der Waals surface area (Å²) >= 11 is 0. The van der Waals surface area contributed by atoms with E-state index in [1.165, 1.54) is 6.42 Å². The van der Waals surface area contributed by atoms with E-state index in [9.17, 15) is 4.79 Å². The number of nitrogens with one attached hydrogen (secondary N) is 1. The van der Waals surface area contributed by atoms with Crippen molar-refractivity contribution in [1.29, 1.82) is 0 Å². The van der Waals surface area contributed by atoms with Crippen LogP contribution in [0, 0.1) is 6.92 Å². The average Bonchev–Trinajstić information content (AvgIpc) is 2.37. The van der Waals surface area contributed by atoms with Crippen molar-refractivity contribution in [1.82, 2.24) is 9.88 Å². The molecule has 1 saturated heterocycles. The third-order valence-electron chi connectivity index (χ3n) is 3.52. The molecule has 0 bridgehead atoms. The van der Waals surface area contributed by atoms with Crippen LogP contribution in [-0.2, 0) is 0 Å². The van der Waals surface area contributed by atoms with Crippen molar-refractivity contribution in [3.63, 3.8) is 0 Å². The Balaban J connectivity index is 2.24. The van der Waals surface area contributed by atoms with Crippen molar-refractivity contribution < 1.29 is 4.79 Å². The summed E-state index contributed by atoms with van der Waals surface area (Å²) in [5.41, 5.74) is 1.61. The first kappa shape index (κ1) is 12.9. The summed E-state index contributed by atoms with van der Waals surface area (Å²) in [5.74, 6) is 0.882. The molecule has 1 aliphatic heterocycles. The number of anilines is 1. The Kier molecular flexibility index (Phi) is 3.84. The fourth-order valence-electron chi connectivity index (χ4n) is 2.49. The molecule has 2 rings (SSSR count). The lowest BCUT2D eigenvalue weighted by Gasteiger charge is -2.33. The van der Waals surface area contributed by atoms with E-state index in [1.807, 2.05) is 31.0 Å². The van der Waals surface area contributed by atoms with Gasteiger partial charge in [-0.05, 0) is 45.2 Å². The molecule has 18 heavy (non-hydrogen) atoms. The summed E-state index contributed by atoms with van der Waals surface area (Å²) < 4.78 is 0. The van der Waals surface area contributed by atoms with Crippen LogP contribution in [0.15, 0.2) is 12.1 Å². The zero-order valence-electron chi connectivity index (χ0n) is 11.4. The number of piperidine rings is 1. The Morgan fingerprint density at radius 3 is 2.89 bits per heavy atom. The maximum Gasteiger partial charge on any atom is 0.254 e. The number of hydrogen-bond donors (Lipinski definition) is 1. The highest BCUT2D eigenvalue weighted by atomic mass is 16.2. The minimum Gasteiger partial charge on any atom is -0.373 e. The van der Waals surface area contributed by atoms with Gasteiger partial charge < -0.3 is 10.2 Å². The van der Waals surface area contributed by atoms with Gasteiger partial charge in [0.1, 0.15) is 5.82 Å². The second kappa shape index (κ2) is 5.38. The van der Waals surface area contributed by atoms with Crippen molar-refractivity contribution in [2.75, 3.05) is 18.9 Å². The van der Waals surface area contributed by atoms with Gasteiger partial charge in [-0.1, -0.05) is 0 Å². The molecule has 0 aliphatic carbocycles. The number of nitrogens with zero attached hydrogens (tertiary/aromatic N) is 2. The largest absolute Gasteiger partial charge is 0.373 e. The lowest BCUT2D eigenvalue weighted by atomic mass is 10.0. The van der Waals surface area contributed by atoms with E-state index in [-0.39, 0.29) is 5.91 Å². The van der Waals surface area contributed by atoms with Gasteiger partial charge in [0.15, 0.2) is 0 Å². The van der Waals surface area contributed by atoms with E-state index in [1.54, 1.807) is 0 Å². The first-order valence-electron chi connectivity index (χ1n) is 6.59. The van der Waals surface area contributed by atoms with E-state index in [0.29, 0.717) is 6.04 Å². The molecule has 1 fully saturated rings. The van der Waals surface area contributed by atoms with E-state index in [0.717, 1.165) is 36.5 Å². The normalized spacial score (nSPS) is 19.7. The Morgan fingerprint density at radius 2 is 2.22 bits per heavy atom. The van der Waals surface area contributed by atoms with Crippen molar-refractivity contribution in [3.05, 3.63) is 23.4 Å². The fourth-order valence-corrected chi connectivity index (χ4v) is 2.49. The summed E-state index contributed by atoms with van der Waals surface area (Å²) in [6.45, 7) is 4.91. The van der Waals surface area contributed by atoms with Gasteiger partial charge in [0.25, 0.3) is 5.91 Å². The zero-order valence-corrected chi connectivity index (χ0v) is 11.4. The van der Waals surface area contributed by atoms with Gasteiger partial charge >= 0.3 is 0 Å². The fraction of sp³-hybridized carbons (Fsp3) is 0.571. The first-order valence-corrected chi connectivity index (χ1v) is 6.59. The molecule has 0 saturated carbocycles. The number of amides is 1. The molecule has 4 nitrogen and oxygen atoms in total. The van der Waals surface area contributed by atoms with Gasteiger partial charge in [-0.25, -0.2) is 4.98 Å². The number of pyridine rings is 1. The number of aromatic nitrogens is 1. The Morgan fingerprint density at radius 1 is 1.44 bits per heavy atom. The van der Waals surface area contributed by atoms with Gasteiger partial charge in [0.2, 0.25) is 0 Å². The summed E-state index contributed by atoms with van der Waals surface area (Å²) in [6, 6.07) is 4.04. The lowest BCUT2D eigenvalue weighted by Crippen LogP contribution is -2.42. The molecule has 98 valence electrons. The summed E-state index contributed by atoms with van der Waals surface area (Å²) in [5, 5.41) is 3.00. The molecule has 0 spiro atoms. The molecule has 1 unspecified atom stereocenters. The van der Waals surface area contributed by atoms with E-state index >= 15 is 0 Å². The average molecular weight is 247 g/mol. The molecule has 0 radical (unpaired) electrons. The molecule has 1 aliphatic rings. The van der Waals surface area contributed by atoms with Crippen LogP contribution in [0.5, 0.6) is 0 Å². The van der Waals surface area contributed by atoms with Gasteiger partial charge in [-0.3, -0.25) is 4.79 Å². The second-order valence-corrected chi connectivity index (χ2v) is 4.98. The standard InChI is InChI=1S/C14H21N3O/c1-10-8-12(9-13(15-3)16-10)14(18)17-7-5-4-6-11(17)2/h8-9,11H,4-7H2,1-3H3,(H,15,16). The van der Waals surface area contributed by atoms with Crippen LogP contribution in [0.3, 0.4) is 0 Å². The second-order valence-electron chi connectivity index (χ2n) is 4.98.